The van der Waals surface area contributed by atoms with Crippen molar-refractivity contribution in [1.29, 1.82) is 0 Å². The molecular formula is C18H26F3N3O3. The van der Waals surface area contributed by atoms with E-state index >= 15 is 0 Å². The van der Waals surface area contributed by atoms with Gasteiger partial charge in [-0.25, -0.2) is 4.98 Å². The Morgan fingerprint density at radius 1 is 1.30 bits per heavy atom. The Bertz CT molecular complexity index is 682. The van der Waals surface area contributed by atoms with Gasteiger partial charge in [0.2, 0.25) is 11.8 Å². The molecule has 1 amide bonds. The zero-order chi connectivity index (χ0) is 20.0. The zero-order valence-corrected chi connectivity index (χ0v) is 16.1. The van der Waals surface area contributed by atoms with E-state index in [4.69, 9.17) is 9.15 Å². The monoisotopic (exact) mass is 389 g/mol. The van der Waals surface area contributed by atoms with Crippen LogP contribution in [0.15, 0.2) is 4.42 Å². The second kappa shape index (κ2) is 7.09. The second-order valence-corrected chi connectivity index (χ2v) is 8.05. The number of hydrogen-bond donors (Lipinski definition) is 0. The van der Waals surface area contributed by atoms with Crippen LogP contribution in [0, 0.1) is 25.7 Å². The van der Waals surface area contributed by atoms with E-state index in [1.807, 2.05) is 13.8 Å². The van der Waals surface area contributed by atoms with Gasteiger partial charge in [0.15, 0.2) is 0 Å². The van der Waals surface area contributed by atoms with Crippen LogP contribution in [0.5, 0.6) is 0 Å². The fourth-order valence-corrected chi connectivity index (χ4v) is 3.86. The number of oxazole rings is 1. The first-order valence-electron chi connectivity index (χ1n) is 9.10. The fourth-order valence-electron chi connectivity index (χ4n) is 3.86. The molecule has 0 bridgehead atoms. The lowest BCUT2D eigenvalue weighted by Gasteiger charge is -2.43. The summed E-state index contributed by atoms with van der Waals surface area (Å²) in [5, 5.41) is 0. The molecule has 2 aliphatic heterocycles. The molecular weight excluding hydrogens is 363 g/mol. The van der Waals surface area contributed by atoms with E-state index in [-0.39, 0.29) is 19.6 Å². The van der Waals surface area contributed by atoms with Gasteiger partial charge in [-0.3, -0.25) is 9.69 Å². The van der Waals surface area contributed by atoms with E-state index in [0.29, 0.717) is 31.4 Å². The number of likely N-dealkylation sites (tertiary alicyclic amines) is 1. The minimum Gasteiger partial charge on any atom is -0.444 e. The number of halogens is 3. The molecule has 1 aromatic heterocycles. The van der Waals surface area contributed by atoms with Crippen molar-refractivity contribution in [2.75, 3.05) is 32.8 Å². The Morgan fingerprint density at radius 2 is 2.00 bits per heavy atom. The maximum absolute atomic E-state index is 13.7. The van der Waals surface area contributed by atoms with E-state index in [2.05, 4.69) is 4.98 Å². The summed E-state index contributed by atoms with van der Waals surface area (Å²) >= 11 is 0. The number of alkyl halides is 3. The molecule has 27 heavy (non-hydrogen) atoms. The smallest absolute Gasteiger partial charge is 0.393 e. The van der Waals surface area contributed by atoms with Crippen LogP contribution in [0.1, 0.15) is 31.2 Å². The topological polar surface area (TPSA) is 58.8 Å². The third kappa shape index (κ3) is 4.13. The highest BCUT2D eigenvalue weighted by Crippen LogP contribution is 2.40. The average molecular weight is 389 g/mol. The first kappa shape index (κ1) is 20.1. The largest absolute Gasteiger partial charge is 0.444 e. The standard InChI is InChI=1S/C18H26F3N3O3/c1-11-12(2)27-15(22-11)9-23-7-13(14(8-23)18(19,20)21)16(25)24-5-6-26-10-17(24,3)4/h13-14H,5-10H2,1-4H3/t13-,14-/m0/s1. The number of ether oxygens (including phenoxy) is 1. The normalized spacial score (nSPS) is 26.6. The van der Waals surface area contributed by atoms with Crippen molar-refractivity contribution in [3.8, 4) is 0 Å². The number of aromatic nitrogens is 1. The van der Waals surface area contributed by atoms with Gasteiger partial charge in [0.05, 0.1) is 42.8 Å². The SMILES string of the molecule is Cc1nc(CN2C[C@H](C(=O)N3CCOCC3(C)C)[C@@H](C(F)(F)F)C2)oc1C. The summed E-state index contributed by atoms with van der Waals surface area (Å²) in [4.78, 5) is 20.4. The van der Waals surface area contributed by atoms with Crippen LogP contribution < -0.4 is 0 Å². The quantitative estimate of drug-likeness (QED) is 0.795. The predicted molar refractivity (Wildman–Crippen MR) is 90.9 cm³/mol. The molecule has 0 aromatic carbocycles. The molecule has 0 N–H and O–H groups in total. The first-order chi connectivity index (χ1) is 12.5. The van der Waals surface area contributed by atoms with Gasteiger partial charge in [0, 0.05) is 19.6 Å². The summed E-state index contributed by atoms with van der Waals surface area (Å²) < 4.78 is 51.8. The van der Waals surface area contributed by atoms with E-state index in [1.165, 1.54) is 0 Å². The Labute approximate surface area is 156 Å². The van der Waals surface area contributed by atoms with Crippen LogP contribution in [0.25, 0.3) is 0 Å². The van der Waals surface area contributed by atoms with E-state index in [9.17, 15) is 18.0 Å². The number of carbonyl (C=O) groups excluding carboxylic acids is 1. The fraction of sp³-hybridized carbons (Fsp3) is 0.778. The van der Waals surface area contributed by atoms with Crippen molar-refractivity contribution >= 4 is 5.91 Å². The van der Waals surface area contributed by atoms with E-state index in [1.54, 1.807) is 23.6 Å². The maximum Gasteiger partial charge on any atom is 0.393 e. The number of amides is 1. The molecule has 1 aromatic rings. The molecule has 3 heterocycles. The molecule has 9 heteroatoms. The highest BCUT2D eigenvalue weighted by Gasteiger charge is 2.54. The van der Waals surface area contributed by atoms with E-state index in [0.717, 1.165) is 5.69 Å². The number of nitrogens with zero attached hydrogens (tertiary/aromatic N) is 3. The lowest BCUT2D eigenvalue weighted by atomic mass is 9.91. The third-order valence-corrected chi connectivity index (χ3v) is 5.48. The summed E-state index contributed by atoms with van der Waals surface area (Å²) in [7, 11) is 0. The highest BCUT2D eigenvalue weighted by atomic mass is 19.4. The number of hydrogen-bond acceptors (Lipinski definition) is 5. The Morgan fingerprint density at radius 3 is 2.56 bits per heavy atom. The molecule has 3 rings (SSSR count). The van der Waals surface area contributed by atoms with Gasteiger partial charge in [0.25, 0.3) is 0 Å². The second-order valence-electron chi connectivity index (χ2n) is 8.05. The number of carbonyl (C=O) groups is 1. The van der Waals surface area contributed by atoms with Crippen LogP contribution in [0.4, 0.5) is 13.2 Å². The molecule has 2 fully saturated rings. The van der Waals surface area contributed by atoms with Crippen molar-refractivity contribution < 1.29 is 27.1 Å². The summed E-state index contributed by atoms with van der Waals surface area (Å²) in [6, 6.07) is 0. The van der Waals surface area contributed by atoms with Gasteiger partial charge in [-0.1, -0.05) is 0 Å². The first-order valence-corrected chi connectivity index (χ1v) is 9.10. The maximum atomic E-state index is 13.7. The van der Waals surface area contributed by atoms with Crippen molar-refractivity contribution in [3.05, 3.63) is 17.3 Å². The lowest BCUT2D eigenvalue weighted by Crippen LogP contribution is -2.58. The minimum atomic E-state index is -4.44. The third-order valence-electron chi connectivity index (χ3n) is 5.48. The molecule has 0 spiro atoms. The van der Waals surface area contributed by atoms with E-state index < -0.39 is 29.5 Å². The van der Waals surface area contributed by atoms with Crippen molar-refractivity contribution in [2.24, 2.45) is 11.8 Å². The van der Waals surface area contributed by atoms with Crippen LogP contribution in [0.2, 0.25) is 0 Å². The van der Waals surface area contributed by atoms with Gasteiger partial charge in [-0.15, -0.1) is 0 Å². The predicted octanol–water partition coefficient (Wildman–Crippen LogP) is 2.54. The van der Waals surface area contributed by atoms with Gasteiger partial charge in [-0.05, 0) is 27.7 Å². The Balaban J connectivity index is 1.78. The molecule has 152 valence electrons. The van der Waals surface area contributed by atoms with Gasteiger partial charge < -0.3 is 14.1 Å². The number of rotatable bonds is 3. The van der Waals surface area contributed by atoms with Gasteiger partial charge >= 0.3 is 6.18 Å². The summed E-state index contributed by atoms with van der Waals surface area (Å²) in [5.74, 6) is -2.24. The summed E-state index contributed by atoms with van der Waals surface area (Å²) in [6.07, 6.45) is -4.44. The van der Waals surface area contributed by atoms with Crippen molar-refractivity contribution in [2.45, 2.75) is 46.0 Å². The van der Waals surface area contributed by atoms with Gasteiger partial charge in [-0.2, -0.15) is 13.2 Å². The molecule has 6 nitrogen and oxygen atoms in total. The highest BCUT2D eigenvalue weighted by molar-refractivity contribution is 5.80. The van der Waals surface area contributed by atoms with Crippen molar-refractivity contribution in [3.63, 3.8) is 0 Å². The molecule has 2 aliphatic rings. The van der Waals surface area contributed by atoms with Gasteiger partial charge in [0.1, 0.15) is 5.76 Å². The van der Waals surface area contributed by atoms with Crippen LogP contribution in [-0.4, -0.2) is 65.3 Å². The number of aryl methyl sites for hydroxylation is 2. The summed E-state index contributed by atoms with van der Waals surface area (Å²) in [5.41, 5.74) is 0.106. The van der Waals surface area contributed by atoms with Crippen LogP contribution >= 0.6 is 0 Å². The molecule has 0 unspecified atom stereocenters. The molecule has 0 saturated carbocycles. The zero-order valence-electron chi connectivity index (χ0n) is 16.1. The summed E-state index contributed by atoms with van der Waals surface area (Å²) in [6.45, 7) is 8.14. The number of morpholine rings is 1. The van der Waals surface area contributed by atoms with Crippen LogP contribution in [-0.2, 0) is 16.1 Å². The Kier molecular flexibility index (Phi) is 5.28. The van der Waals surface area contributed by atoms with Crippen molar-refractivity contribution in [1.82, 2.24) is 14.8 Å². The lowest BCUT2D eigenvalue weighted by molar-refractivity contribution is -0.189. The minimum absolute atomic E-state index is 0.0386. The van der Waals surface area contributed by atoms with Crippen LogP contribution in [0.3, 0.4) is 0 Å². The Hall–Kier alpha value is -1.61. The molecule has 2 saturated heterocycles. The molecule has 0 radical (unpaired) electrons. The molecule has 2 atom stereocenters. The molecule has 0 aliphatic carbocycles. The average Bonchev–Trinajstić information content (AvgIpc) is 3.10.